The molecule has 5 heteroatoms. The molecule has 0 unspecified atom stereocenters. The summed E-state index contributed by atoms with van der Waals surface area (Å²) < 4.78 is 0. The molecule has 0 radical (unpaired) electrons. The number of nitrogens with two attached hydrogens (primary N) is 1. The Morgan fingerprint density at radius 3 is 2.50 bits per heavy atom. The zero-order valence-electron chi connectivity index (χ0n) is 12.3. The van der Waals surface area contributed by atoms with E-state index in [1.165, 1.54) is 0 Å². The maximum atomic E-state index is 12.1. The topological polar surface area (TPSA) is 84.2 Å². The third kappa shape index (κ3) is 4.06. The van der Waals surface area contributed by atoms with E-state index in [4.69, 9.17) is 5.73 Å². The predicted molar refractivity (Wildman–Crippen MR) is 80.5 cm³/mol. The molecular formula is C15H23N3O2. The largest absolute Gasteiger partial charge is 0.352 e. The molecule has 0 spiro atoms. The van der Waals surface area contributed by atoms with Crippen LogP contribution in [0.25, 0.3) is 0 Å². The van der Waals surface area contributed by atoms with Crippen molar-refractivity contribution in [3.8, 4) is 0 Å². The van der Waals surface area contributed by atoms with Gasteiger partial charge in [0.2, 0.25) is 5.91 Å². The Labute approximate surface area is 119 Å². The Morgan fingerprint density at radius 1 is 1.25 bits per heavy atom. The first kappa shape index (κ1) is 16.2. The van der Waals surface area contributed by atoms with E-state index in [2.05, 4.69) is 10.6 Å². The molecule has 0 saturated carbocycles. The van der Waals surface area contributed by atoms with E-state index in [0.29, 0.717) is 17.8 Å². The first-order valence-electron chi connectivity index (χ1n) is 6.81. The summed E-state index contributed by atoms with van der Waals surface area (Å²) in [5.41, 5.74) is 5.88. The number of hydrogen-bond acceptors (Lipinski definition) is 3. The Bertz CT molecular complexity index is 484. The third-order valence-corrected chi connectivity index (χ3v) is 3.08. The van der Waals surface area contributed by atoms with Gasteiger partial charge in [0.05, 0.1) is 16.7 Å². The fraction of sp³-hybridized carbons (Fsp3) is 0.467. The lowest BCUT2D eigenvalue weighted by Gasteiger charge is -2.22. The molecule has 1 aromatic carbocycles. The molecule has 0 bridgehead atoms. The minimum absolute atomic E-state index is 0.187. The Hall–Kier alpha value is -1.88. The molecule has 2 amide bonds. The molecule has 0 aliphatic heterocycles. The van der Waals surface area contributed by atoms with E-state index in [1.54, 1.807) is 38.1 Å². The fourth-order valence-corrected chi connectivity index (χ4v) is 1.51. The van der Waals surface area contributed by atoms with E-state index in [9.17, 15) is 9.59 Å². The Morgan fingerprint density at radius 2 is 1.90 bits per heavy atom. The fourth-order valence-electron chi connectivity index (χ4n) is 1.51. The van der Waals surface area contributed by atoms with Crippen molar-refractivity contribution in [3.05, 3.63) is 29.8 Å². The van der Waals surface area contributed by atoms with Crippen molar-refractivity contribution in [2.45, 2.75) is 27.2 Å². The summed E-state index contributed by atoms with van der Waals surface area (Å²) in [6.45, 7) is 6.36. The maximum Gasteiger partial charge on any atom is 0.253 e. The molecule has 0 atom stereocenters. The van der Waals surface area contributed by atoms with Crippen LogP contribution in [0.2, 0.25) is 0 Å². The van der Waals surface area contributed by atoms with Gasteiger partial charge in [0.1, 0.15) is 0 Å². The zero-order valence-corrected chi connectivity index (χ0v) is 12.3. The second-order valence-corrected chi connectivity index (χ2v) is 5.34. The summed E-state index contributed by atoms with van der Waals surface area (Å²) in [5, 5.41) is 5.58. The lowest BCUT2D eigenvalue weighted by atomic mass is 9.92. The van der Waals surface area contributed by atoms with Gasteiger partial charge in [0, 0.05) is 13.1 Å². The van der Waals surface area contributed by atoms with Crippen LogP contribution < -0.4 is 16.4 Å². The highest BCUT2D eigenvalue weighted by molar-refractivity contribution is 6.04. The summed E-state index contributed by atoms with van der Waals surface area (Å²) in [4.78, 5) is 24.2. The van der Waals surface area contributed by atoms with Crippen molar-refractivity contribution >= 4 is 17.5 Å². The van der Waals surface area contributed by atoms with Crippen LogP contribution in [0.15, 0.2) is 24.3 Å². The predicted octanol–water partition coefficient (Wildman–Crippen LogP) is 1.75. The van der Waals surface area contributed by atoms with Gasteiger partial charge in [0.25, 0.3) is 5.91 Å². The van der Waals surface area contributed by atoms with Gasteiger partial charge >= 0.3 is 0 Å². The minimum atomic E-state index is -0.674. The van der Waals surface area contributed by atoms with Crippen LogP contribution >= 0.6 is 0 Å². The number of nitrogens with one attached hydrogen (secondary N) is 2. The van der Waals surface area contributed by atoms with E-state index < -0.39 is 5.41 Å². The summed E-state index contributed by atoms with van der Waals surface area (Å²) in [7, 11) is 0. The quantitative estimate of drug-likeness (QED) is 0.740. The van der Waals surface area contributed by atoms with Gasteiger partial charge in [0.15, 0.2) is 0 Å². The van der Waals surface area contributed by atoms with Crippen LogP contribution in [0.1, 0.15) is 37.6 Å². The summed E-state index contributed by atoms with van der Waals surface area (Å²) in [6, 6.07) is 6.95. The number of carbonyl (C=O) groups is 2. The number of carbonyl (C=O) groups excluding carboxylic acids is 2. The molecule has 0 aliphatic carbocycles. The molecule has 1 rings (SSSR count). The molecule has 110 valence electrons. The number of hydrogen-bond donors (Lipinski definition) is 3. The molecule has 5 nitrogen and oxygen atoms in total. The van der Waals surface area contributed by atoms with E-state index in [1.807, 2.05) is 6.92 Å². The van der Waals surface area contributed by atoms with Crippen LogP contribution in [-0.2, 0) is 4.79 Å². The van der Waals surface area contributed by atoms with Crippen molar-refractivity contribution in [1.29, 1.82) is 0 Å². The summed E-state index contributed by atoms with van der Waals surface area (Å²) >= 11 is 0. The molecule has 4 N–H and O–H groups in total. The number of benzene rings is 1. The maximum absolute atomic E-state index is 12.1. The van der Waals surface area contributed by atoms with E-state index >= 15 is 0 Å². The first-order chi connectivity index (χ1) is 9.42. The van der Waals surface area contributed by atoms with Gasteiger partial charge in [-0.2, -0.15) is 0 Å². The van der Waals surface area contributed by atoms with Gasteiger partial charge in [-0.25, -0.2) is 0 Å². The molecule has 0 aliphatic rings. The summed E-state index contributed by atoms with van der Waals surface area (Å²) in [5.74, 6) is -0.385. The highest BCUT2D eigenvalue weighted by atomic mass is 16.2. The van der Waals surface area contributed by atoms with Crippen molar-refractivity contribution in [2.24, 2.45) is 11.1 Å². The van der Waals surface area contributed by atoms with Crippen molar-refractivity contribution < 1.29 is 9.59 Å². The number of rotatable bonds is 6. The molecule has 0 aromatic heterocycles. The Balaban J connectivity index is 2.91. The van der Waals surface area contributed by atoms with Gasteiger partial charge < -0.3 is 16.4 Å². The monoisotopic (exact) mass is 277 g/mol. The van der Waals surface area contributed by atoms with Crippen LogP contribution in [0.5, 0.6) is 0 Å². The SMILES string of the molecule is CCCNC(=O)c1ccccc1NC(=O)C(C)(C)CN. The molecule has 1 aromatic rings. The molecule has 20 heavy (non-hydrogen) atoms. The van der Waals surface area contributed by atoms with Gasteiger partial charge in [-0.15, -0.1) is 0 Å². The number of para-hydroxylation sites is 1. The van der Waals surface area contributed by atoms with Gasteiger partial charge in [-0.1, -0.05) is 19.1 Å². The van der Waals surface area contributed by atoms with Crippen LogP contribution in [0.4, 0.5) is 5.69 Å². The second-order valence-electron chi connectivity index (χ2n) is 5.34. The molecule has 0 saturated heterocycles. The normalized spacial score (nSPS) is 11.0. The highest BCUT2D eigenvalue weighted by Gasteiger charge is 2.26. The Kier molecular flexibility index (Phi) is 5.70. The zero-order chi connectivity index (χ0) is 15.2. The minimum Gasteiger partial charge on any atom is -0.352 e. The third-order valence-electron chi connectivity index (χ3n) is 3.08. The number of anilines is 1. The van der Waals surface area contributed by atoms with E-state index in [0.717, 1.165) is 6.42 Å². The lowest BCUT2D eigenvalue weighted by Crippen LogP contribution is -2.37. The average Bonchev–Trinajstić information content (AvgIpc) is 2.45. The first-order valence-corrected chi connectivity index (χ1v) is 6.81. The number of amides is 2. The smallest absolute Gasteiger partial charge is 0.253 e. The summed E-state index contributed by atoms with van der Waals surface area (Å²) in [6.07, 6.45) is 0.862. The van der Waals surface area contributed by atoms with Crippen LogP contribution in [0.3, 0.4) is 0 Å². The second kappa shape index (κ2) is 7.05. The van der Waals surface area contributed by atoms with Crippen LogP contribution in [-0.4, -0.2) is 24.9 Å². The van der Waals surface area contributed by atoms with Crippen LogP contribution in [0, 0.1) is 5.41 Å². The standard InChI is InChI=1S/C15H23N3O2/c1-4-9-17-13(19)11-7-5-6-8-12(11)18-14(20)15(2,3)10-16/h5-8H,4,9-10,16H2,1-3H3,(H,17,19)(H,18,20). The molecular weight excluding hydrogens is 254 g/mol. The van der Waals surface area contributed by atoms with Gasteiger partial charge in [-0.3, -0.25) is 9.59 Å². The van der Waals surface area contributed by atoms with Crippen molar-refractivity contribution in [1.82, 2.24) is 5.32 Å². The van der Waals surface area contributed by atoms with Crippen molar-refractivity contribution in [2.75, 3.05) is 18.4 Å². The molecule has 0 fully saturated rings. The lowest BCUT2D eigenvalue weighted by molar-refractivity contribution is -0.123. The van der Waals surface area contributed by atoms with Crippen molar-refractivity contribution in [3.63, 3.8) is 0 Å². The van der Waals surface area contributed by atoms with E-state index in [-0.39, 0.29) is 18.4 Å². The van der Waals surface area contributed by atoms with Gasteiger partial charge in [-0.05, 0) is 32.4 Å². The average molecular weight is 277 g/mol. The molecule has 0 heterocycles. The highest BCUT2D eigenvalue weighted by Crippen LogP contribution is 2.20.